The zero-order valence-corrected chi connectivity index (χ0v) is 14.3. The van der Waals surface area contributed by atoms with Crippen LogP contribution in [0.25, 0.3) is 10.2 Å². The van der Waals surface area contributed by atoms with Gasteiger partial charge in [0, 0.05) is 18.0 Å². The van der Waals surface area contributed by atoms with Crippen LogP contribution >= 0.6 is 27.3 Å². The van der Waals surface area contributed by atoms with Gasteiger partial charge in [0.05, 0.1) is 14.7 Å². The Morgan fingerprint density at radius 1 is 1.32 bits per heavy atom. The standard InChI is InChI=1S/C17H15BrN2OS/c18-13-10-22-15-8-14(17(21)19-12-6-7-12)20(16(13)15)9-11-4-2-1-3-5-11/h1-5,8,10,12H,6-7,9H2,(H,19,21). The molecule has 1 aliphatic carbocycles. The first-order valence-electron chi connectivity index (χ1n) is 7.33. The van der Waals surface area contributed by atoms with Crippen molar-refractivity contribution in [1.29, 1.82) is 0 Å². The lowest BCUT2D eigenvalue weighted by atomic mass is 10.2. The maximum atomic E-state index is 12.5. The molecule has 22 heavy (non-hydrogen) atoms. The van der Waals surface area contributed by atoms with Crippen molar-refractivity contribution in [2.45, 2.75) is 25.4 Å². The highest BCUT2D eigenvalue weighted by Gasteiger charge is 2.26. The fourth-order valence-electron chi connectivity index (χ4n) is 2.64. The highest BCUT2D eigenvalue weighted by Crippen LogP contribution is 2.34. The van der Waals surface area contributed by atoms with Crippen LogP contribution in [0.3, 0.4) is 0 Å². The number of nitrogens with zero attached hydrogens (tertiary/aromatic N) is 1. The number of rotatable bonds is 4. The summed E-state index contributed by atoms with van der Waals surface area (Å²) in [6, 6.07) is 12.6. The normalized spacial score (nSPS) is 14.4. The SMILES string of the molecule is O=C(NC1CC1)c1cc2scc(Br)c2n1Cc1ccccc1. The van der Waals surface area contributed by atoms with Gasteiger partial charge in [0.25, 0.3) is 5.91 Å². The fourth-order valence-corrected chi connectivity index (χ4v) is 4.33. The summed E-state index contributed by atoms with van der Waals surface area (Å²) in [6.45, 7) is 0.701. The third kappa shape index (κ3) is 2.59. The van der Waals surface area contributed by atoms with E-state index in [0.717, 1.165) is 33.2 Å². The minimum atomic E-state index is 0.0359. The van der Waals surface area contributed by atoms with Crippen LogP contribution in [0.4, 0.5) is 0 Å². The topological polar surface area (TPSA) is 34.0 Å². The molecule has 1 aliphatic rings. The van der Waals surface area contributed by atoms with Crippen molar-refractivity contribution in [3.05, 3.63) is 57.5 Å². The summed E-state index contributed by atoms with van der Waals surface area (Å²) in [5.74, 6) is 0.0359. The highest BCUT2D eigenvalue weighted by molar-refractivity contribution is 9.10. The van der Waals surface area contributed by atoms with E-state index in [1.807, 2.05) is 24.3 Å². The predicted octanol–water partition coefficient (Wildman–Crippen LogP) is 4.41. The fraction of sp³-hybridized carbons (Fsp3) is 0.235. The molecule has 0 atom stereocenters. The van der Waals surface area contributed by atoms with E-state index < -0.39 is 0 Å². The molecule has 0 saturated heterocycles. The van der Waals surface area contributed by atoms with Crippen LogP contribution in [0.5, 0.6) is 0 Å². The first-order valence-corrected chi connectivity index (χ1v) is 9.00. The molecule has 1 aromatic carbocycles. The molecule has 0 aliphatic heterocycles. The summed E-state index contributed by atoms with van der Waals surface area (Å²) in [5, 5.41) is 5.17. The van der Waals surface area contributed by atoms with Gasteiger partial charge in [-0.05, 0) is 40.4 Å². The lowest BCUT2D eigenvalue weighted by Gasteiger charge is -2.11. The third-order valence-corrected chi connectivity index (χ3v) is 5.73. The van der Waals surface area contributed by atoms with Crippen LogP contribution in [-0.4, -0.2) is 16.5 Å². The molecule has 1 N–H and O–H groups in total. The van der Waals surface area contributed by atoms with Gasteiger partial charge < -0.3 is 9.88 Å². The Labute approximate surface area is 141 Å². The van der Waals surface area contributed by atoms with Gasteiger partial charge in [0.15, 0.2) is 0 Å². The van der Waals surface area contributed by atoms with Gasteiger partial charge in [0.1, 0.15) is 5.69 Å². The van der Waals surface area contributed by atoms with Crippen molar-refractivity contribution in [3.8, 4) is 0 Å². The van der Waals surface area contributed by atoms with Gasteiger partial charge in [-0.2, -0.15) is 0 Å². The molecule has 5 heteroatoms. The number of fused-ring (bicyclic) bond motifs is 1. The lowest BCUT2D eigenvalue weighted by molar-refractivity contribution is 0.0942. The van der Waals surface area contributed by atoms with E-state index in [-0.39, 0.29) is 5.91 Å². The molecular weight excluding hydrogens is 360 g/mol. The van der Waals surface area contributed by atoms with Crippen molar-refractivity contribution in [1.82, 2.24) is 9.88 Å². The molecule has 1 fully saturated rings. The second-order valence-electron chi connectivity index (χ2n) is 5.65. The average Bonchev–Trinajstić information content (AvgIpc) is 3.15. The van der Waals surface area contributed by atoms with E-state index in [2.05, 4.69) is 43.3 Å². The van der Waals surface area contributed by atoms with Crippen LogP contribution in [-0.2, 0) is 6.54 Å². The van der Waals surface area contributed by atoms with E-state index in [0.29, 0.717) is 12.6 Å². The summed E-state index contributed by atoms with van der Waals surface area (Å²) in [6.07, 6.45) is 2.20. The number of benzene rings is 1. The summed E-state index contributed by atoms with van der Waals surface area (Å²) in [4.78, 5) is 12.5. The number of halogens is 1. The summed E-state index contributed by atoms with van der Waals surface area (Å²) in [7, 11) is 0. The molecule has 0 spiro atoms. The number of amides is 1. The quantitative estimate of drug-likeness (QED) is 0.720. The molecule has 3 aromatic rings. The Morgan fingerprint density at radius 2 is 2.09 bits per heavy atom. The van der Waals surface area contributed by atoms with Gasteiger partial charge in [-0.25, -0.2) is 0 Å². The lowest BCUT2D eigenvalue weighted by Crippen LogP contribution is -2.27. The van der Waals surface area contributed by atoms with Crippen molar-refractivity contribution in [2.24, 2.45) is 0 Å². The van der Waals surface area contributed by atoms with Crippen molar-refractivity contribution in [2.75, 3.05) is 0 Å². The molecule has 2 aromatic heterocycles. The van der Waals surface area contributed by atoms with Crippen LogP contribution in [0.1, 0.15) is 28.9 Å². The van der Waals surface area contributed by atoms with Gasteiger partial charge in [-0.1, -0.05) is 30.3 Å². The Kier molecular flexibility index (Phi) is 3.54. The van der Waals surface area contributed by atoms with Crippen LogP contribution in [0.15, 0.2) is 46.3 Å². The second kappa shape index (κ2) is 5.56. The van der Waals surface area contributed by atoms with E-state index >= 15 is 0 Å². The molecule has 1 saturated carbocycles. The maximum Gasteiger partial charge on any atom is 0.268 e. The number of aromatic nitrogens is 1. The Hall–Kier alpha value is -1.59. The third-order valence-electron chi connectivity index (χ3n) is 3.91. The molecule has 0 unspecified atom stereocenters. The number of carbonyl (C=O) groups is 1. The largest absolute Gasteiger partial charge is 0.348 e. The molecule has 3 nitrogen and oxygen atoms in total. The molecule has 0 radical (unpaired) electrons. The number of hydrogen-bond acceptors (Lipinski definition) is 2. The van der Waals surface area contributed by atoms with Crippen molar-refractivity contribution < 1.29 is 4.79 Å². The minimum Gasteiger partial charge on any atom is -0.348 e. The maximum absolute atomic E-state index is 12.5. The number of thiophene rings is 1. The van der Waals surface area contributed by atoms with Gasteiger partial charge >= 0.3 is 0 Å². The first-order chi connectivity index (χ1) is 10.7. The van der Waals surface area contributed by atoms with E-state index in [1.165, 1.54) is 5.56 Å². The van der Waals surface area contributed by atoms with Crippen LogP contribution in [0.2, 0.25) is 0 Å². The number of hydrogen-bond donors (Lipinski definition) is 1. The van der Waals surface area contributed by atoms with Crippen LogP contribution in [0, 0.1) is 0 Å². The average molecular weight is 375 g/mol. The summed E-state index contributed by atoms with van der Waals surface area (Å²) >= 11 is 5.28. The van der Waals surface area contributed by atoms with Gasteiger partial charge in [-0.3, -0.25) is 4.79 Å². The van der Waals surface area contributed by atoms with E-state index in [4.69, 9.17) is 0 Å². The highest BCUT2D eigenvalue weighted by atomic mass is 79.9. The zero-order chi connectivity index (χ0) is 15.1. The molecule has 112 valence electrons. The van der Waals surface area contributed by atoms with Crippen molar-refractivity contribution >= 4 is 43.4 Å². The van der Waals surface area contributed by atoms with E-state index in [1.54, 1.807) is 11.3 Å². The van der Waals surface area contributed by atoms with Gasteiger partial charge in [0.2, 0.25) is 0 Å². The summed E-state index contributed by atoms with van der Waals surface area (Å²) in [5.41, 5.74) is 3.05. The van der Waals surface area contributed by atoms with Crippen molar-refractivity contribution in [3.63, 3.8) is 0 Å². The predicted molar refractivity (Wildman–Crippen MR) is 93.5 cm³/mol. The Bertz CT molecular complexity index is 833. The van der Waals surface area contributed by atoms with E-state index in [9.17, 15) is 4.79 Å². The Balaban J connectivity index is 1.78. The van der Waals surface area contributed by atoms with Crippen LogP contribution < -0.4 is 5.32 Å². The Morgan fingerprint density at radius 3 is 2.82 bits per heavy atom. The molecule has 0 bridgehead atoms. The number of nitrogens with one attached hydrogen (secondary N) is 1. The zero-order valence-electron chi connectivity index (χ0n) is 11.9. The first kappa shape index (κ1) is 14.0. The molecule has 2 heterocycles. The van der Waals surface area contributed by atoms with Gasteiger partial charge in [-0.15, -0.1) is 11.3 Å². The molecule has 4 rings (SSSR count). The molecular formula is C17H15BrN2OS. The minimum absolute atomic E-state index is 0.0359. The number of carbonyl (C=O) groups excluding carboxylic acids is 1. The molecule has 1 amide bonds. The monoisotopic (exact) mass is 374 g/mol. The smallest absolute Gasteiger partial charge is 0.268 e. The second-order valence-corrected chi connectivity index (χ2v) is 7.41. The summed E-state index contributed by atoms with van der Waals surface area (Å²) < 4.78 is 4.31.